The first-order valence-electron chi connectivity index (χ1n) is 5.46. The van der Waals surface area contributed by atoms with Crippen LogP contribution < -0.4 is 16.6 Å². The second-order valence-corrected chi connectivity index (χ2v) is 3.87. The lowest BCUT2D eigenvalue weighted by Crippen LogP contribution is -2.16. The summed E-state index contributed by atoms with van der Waals surface area (Å²) in [6.07, 6.45) is 2.55. The van der Waals surface area contributed by atoms with Crippen LogP contribution in [0.3, 0.4) is 0 Å². The van der Waals surface area contributed by atoms with Crippen LogP contribution in [0.2, 0.25) is 0 Å². The maximum absolute atomic E-state index is 13.6. The van der Waals surface area contributed by atoms with Gasteiger partial charge in [-0.25, -0.2) is 20.2 Å². The van der Waals surface area contributed by atoms with Crippen LogP contribution in [-0.4, -0.2) is 15.9 Å². The molecule has 1 heterocycles. The summed E-state index contributed by atoms with van der Waals surface area (Å²) in [7, 11) is 0. The van der Waals surface area contributed by atoms with E-state index in [1.165, 1.54) is 24.5 Å². The third-order valence-electron chi connectivity index (χ3n) is 2.41. The Morgan fingerprint density at radius 1 is 1.32 bits per heavy atom. The predicted molar refractivity (Wildman–Crippen MR) is 68.9 cm³/mol. The number of nitrogens with one attached hydrogen (secondary N) is 2. The number of hydrazine groups is 1. The second kappa shape index (κ2) is 5.40. The monoisotopic (exact) mass is 261 g/mol. The maximum Gasteiger partial charge on any atom is 0.275 e. The molecule has 7 heteroatoms. The van der Waals surface area contributed by atoms with Gasteiger partial charge in [0.25, 0.3) is 5.91 Å². The fourth-order valence-electron chi connectivity index (χ4n) is 1.43. The van der Waals surface area contributed by atoms with Crippen molar-refractivity contribution in [3.05, 3.63) is 47.7 Å². The Hall–Kier alpha value is -2.54. The fraction of sp³-hybridized carbons (Fsp3) is 0.0833. The molecule has 0 aliphatic heterocycles. The smallest absolute Gasteiger partial charge is 0.275 e. The summed E-state index contributed by atoms with van der Waals surface area (Å²) in [5, 5.41) is 2.42. The summed E-state index contributed by atoms with van der Waals surface area (Å²) in [6.45, 7) is 1.76. The highest BCUT2D eigenvalue weighted by Gasteiger charge is 2.11. The van der Waals surface area contributed by atoms with Crippen molar-refractivity contribution in [1.29, 1.82) is 0 Å². The molecule has 98 valence electrons. The largest absolute Gasteiger partial charge is 0.318 e. The molecule has 19 heavy (non-hydrogen) atoms. The van der Waals surface area contributed by atoms with Crippen LogP contribution in [0.1, 0.15) is 16.1 Å². The lowest BCUT2D eigenvalue weighted by atomic mass is 10.2. The summed E-state index contributed by atoms with van der Waals surface area (Å²) in [5.74, 6) is 4.42. The molecule has 6 nitrogen and oxygen atoms in total. The molecule has 0 spiro atoms. The Kier molecular flexibility index (Phi) is 3.67. The number of aryl methyl sites for hydroxylation is 1. The number of nitrogen functional groups attached to an aromatic ring is 1. The van der Waals surface area contributed by atoms with Crippen molar-refractivity contribution < 1.29 is 9.18 Å². The number of halogens is 1. The Morgan fingerprint density at radius 2 is 2.11 bits per heavy atom. The van der Waals surface area contributed by atoms with Gasteiger partial charge in [-0.1, -0.05) is 6.07 Å². The van der Waals surface area contributed by atoms with Gasteiger partial charge in [0, 0.05) is 0 Å². The maximum atomic E-state index is 13.6. The molecule has 4 N–H and O–H groups in total. The third kappa shape index (κ3) is 3.02. The summed E-state index contributed by atoms with van der Waals surface area (Å²) in [6, 6.07) is 4.53. The number of hydrogen-bond donors (Lipinski definition) is 3. The summed E-state index contributed by atoms with van der Waals surface area (Å²) < 4.78 is 13.6. The van der Waals surface area contributed by atoms with Crippen molar-refractivity contribution in [2.45, 2.75) is 6.92 Å². The lowest BCUT2D eigenvalue weighted by Gasteiger charge is -2.06. The van der Waals surface area contributed by atoms with Gasteiger partial charge in [0.2, 0.25) is 0 Å². The molecule has 1 aromatic heterocycles. The van der Waals surface area contributed by atoms with Crippen molar-refractivity contribution in [2.24, 2.45) is 5.84 Å². The zero-order valence-electron chi connectivity index (χ0n) is 10.1. The Labute approximate surface area is 108 Å². The van der Waals surface area contributed by atoms with E-state index in [9.17, 15) is 9.18 Å². The average Bonchev–Trinajstić information content (AvgIpc) is 2.42. The summed E-state index contributed by atoms with van der Waals surface area (Å²) in [5.41, 5.74) is 3.23. The van der Waals surface area contributed by atoms with E-state index in [-0.39, 0.29) is 11.4 Å². The number of hydrogen-bond acceptors (Lipinski definition) is 5. The van der Waals surface area contributed by atoms with Crippen LogP contribution in [0.25, 0.3) is 0 Å². The van der Waals surface area contributed by atoms with Crippen LogP contribution in [0, 0.1) is 12.7 Å². The Balaban J connectivity index is 2.15. The average molecular weight is 261 g/mol. The molecule has 0 saturated carbocycles. The van der Waals surface area contributed by atoms with Crippen molar-refractivity contribution in [3.63, 3.8) is 0 Å². The van der Waals surface area contributed by atoms with E-state index in [0.29, 0.717) is 5.82 Å². The molecule has 1 aromatic carbocycles. The van der Waals surface area contributed by atoms with E-state index >= 15 is 0 Å². The van der Waals surface area contributed by atoms with Crippen molar-refractivity contribution in [2.75, 3.05) is 10.7 Å². The minimum absolute atomic E-state index is 0.0685. The number of carbonyl (C=O) groups is 1. The van der Waals surface area contributed by atoms with Crippen molar-refractivity contribution >= 4 is 17.4 Å². The Morgan fingerprint density at radius 3 is 2.68 bits per heavy atom. The number of carbonyl (C=O) groups excluding carboxylic acids is 1. The van der Waals surface area contributed by atoms with E-state index in [4.69, 9.17) is 5.84 Å². The number of nitrogens with two attached hydrogens (primary N) is 1. The Bertz CT molecular complexity index is 600. The number of aromatic nitrogens is 2. The molecule has 0 saturated heterocycles. The molecule has 0 aliphatic rings. The second-order valence-electron chi connectivity index (χ2n) is 3.87. The van der Waals surface area contributed by atoms with Gasteiger partial charge in [-0.05, 0) is 24.6 Å². The van der Waals surface area contributed by atoms with Gasteiger partial charge in [-0.3, -0.25) is 4.79 Å². The number of rotatable bonds is 3. The molecule has 0 bridgehead atoms. The predicted octanol–water partition coefficient (Wildman–Crippen LogP) is 1.46. The standard InChI is InChI=1S/C12H12FN5O/c1-7-2-3-9(8(13)4-7)17-12(19)10-5-16-11(18-14)6-15-10/h2-6H,14H2,1H3,(H,16,18)(H,17,19). The highest BCUT2D eigenvalue weighted by molar-refractivity contribution is 6.02. The molecule has 0 atom stereocenters. The topological polar surface area (TPSA) is 92.9 Å². The number of anilines is 2. The SMILES string of the molecule is Cc1ccc(NC(=O)c2cnc(NN)cn2)c(F)c1. The fourth-order valence-corrected chi connectivity index (χ4v) is 1.43. The molecule has 0 radical (unpaired) electrons. The van der Waals surface area contributed by atoms with E-state index in [0.717, 1.165) is 5.56 Å². The summed E-state index contributed by atoms with van der Waals surface area (Å²) >= 11 is 0. The molecule has 1 amide bonds. The van der Waals surface area contributed by atoms with Crippen LogP contribution in [-0.2, 0) is 0 Å². The summed E-state index contributed by atoms with van der Waals surface area (Å²) in [4.78, 5) is 19.5. The van der Waals surface area contributed by atoms with Gasteiger partial charge < -0.3 is 10.7 Å². The van der Waals surface area contributed by atoms with Gasteiger partial charge in [0.1, 0.15) is 11.5 Å². The first-order valence-corrected chi connectivity index (χ1v) is 5.46. The third-order valence-corrected chi connectivity index (χ3v) is 2.41. The van der Waals surface area contributed by atoms with Crippen LogP contribution >= 0.6 is 0 Å². The number of nitrogens with zero attached hydrogens (tertiary/aromatic N) is 2. The van der Waals surface area contributed by atoms with Crippen molar-refractivity contribution in [1.82, 2.24) is 9.97 Å². The lowest BCUT2D eigenvalue weighted by molar-refractivity contribution is 0.102. The molecular weight excluding hydrogens is 249 g/mol. The van der Waals surface area contributed by atoms with Crippen LogP contribution in [0.15, 0.2) is 30.6 Å². The van der Waals surface area contributed by atoms with Gasteiger partial charge in [0.15, 0.2) is 5.82 Å². The molecule has 2 rings (SSSR count). The van der Waals surface area contributed by atoms with E-state index in [2.05, 4.69) is 20.7 Å². The number of benzene rings is 1. The minimum atomic E-state index is -0.543. The normalized spacial score (nSPS) is 10.1. The minimum Gasteiger partial charge on any atom is -0.318 e. The van der Waals surface area contributed by atoms with Crippen LogP contribution in [0.4, 0.5) is 15.9 Å². The van der Waals surface area contributed by atoms with Gasteiger partial charge >= 0.3 is 0 Å². The number of amides is 1. The molecular formula is C12H12FN5O. The zero-order valence-corrected chi connectivity index (χ0v) is 10.1. The molecule has 0 unspecified atom stereocenters. The highest BCUT2D eigenvalue weighted by atomic mass is 19.1. The van der Waals surface area contributed by atoms with Crippen LogP contribution in [0.5, 0.6) is 0 Å². The van der Waals surface area contributed by atoms with Gasteiger partial charge in [0.05, 0.1) is 18.1 Å². The van der Waals surface area contributed by atoms with E-state index in [1.54, 1.807) is 13.0 Å². The van der Waals surface area contributed by atoms with Gasteiger partial charge in [-0.2, -0.15) is 0 Å². The quantitative estimate of drug-likeness (QED) is 0.574. The van der Waals surface area contributed by atoms with Crippen molar-refractivity contribution in [3.8, 4) is 0 Å². The zero-order chi connectivity index (χ0) is 13.8. The first-order chi connectivity index (χ1) is 9.10. The highest BCUT2D eigenvalue weighted by Crippen LogP contribution is 2.16. The molecule has 2 aromatic rings. The van der Waals surface area contributed by atoms with E-state index < -0.39 is 11.7 Å². The van der Waals surface area contributed by atoms with Gasteiger partial charge in [-0.15, -0.1) is 0 Å². The first kappa shape index (κ1) is 12.9. The molecule has 0 fully saturated rings. The van der Waals surface area contributed by atoms with E-state index in [1.807, 2.05) is 0 Å². The molecule has 0 aliphatic carbocycles.